The van der Waals surface area contributed by atoms with Crippen LogP contribution >= 0.6 is 0 Å². The Morgan fingerprint density at radius 1 is 0.650 bits per heavy atom. The monoisotopic (exact) mass is 306 g/mol. The third-order valence-electron chi connectivity index (χ3n) is 3.51. The average molecular weight is 307 g/mol. The van der Waals surface area contributed by atoms with Crippen molar-refractivity contribution >= 4 is 10.1 Å². The maximum Gasteiger partial charge on any atom is 0.267 e. The summed E-state index contributed by atoms with van der Waals surface area (Å²) in [6.45, 7) is 4.73. The zero-order valence-corrected chi connectivity index (χ0v) is 14.3. The molecule has 0 aromatic rings. The summed E-state index contributed by atoms with van der Waals surface area (Å²) in [5, 5.41) is 0. The van der Waals surface area contributed by atoms with Crippen molar-refractivity contribution in [2.75, 3.05) is 12.4 Å². The molecule has 0 bridgehead atoms. The molecule has 0 amide bonds. The van der Waals surface area contributed by atoms with Crippen LogP contribution in [0.25, 0.3) is 0 Å². The Labute approximate surface area is 126 Å². The normalized spacial score (nSPS) is 11.9. The van der Waals surface area contributed by atoms with Gasteiger partial charge in [0, 0.05) is 0 Å². The van der Waals surface area contributed by atoms with Gasteiger partial charge in [-0.3, -0.25) is 4.18 Å². The first-order valence-corrected chi connectivity index (χ1v) is 10.1. The standard InChI is InChI=1S/C16H34O3S/c1-3-5-7-9-10-12-14-16-20(17,18)19-15-13-11-8-6-4-2/h3-16H2,1-2H3. The van der Waals surface area contributed by atoms with Crippen molar-refractivity contribution in [1.82, 2.24) is 0 Å². The van der Waals surface area contributed by atoms with E-state index in [0.29, 0.717) is 6.61 Å². The molecular weight excluding hydrogens is 272 g/mol. The van der Waals surface area contributed by atoms with E-state index in [4.69, 9.17) is 4.18 Å². The minimum absolute atomic E-state index is 0.190. The van der Waals surface area contributed by atoms with Gasteiger partial charge in [0.1, 0.15) is 0 Å². The fourth-order valence-corrected chi connectivity index (χ4v) is 3.23. The van der Waals surface area contributed by atoms with E-state index in [2.05, 4.69) is 13.8 Å². The molecule has 0 radical (unpaired) electrons. The van der Waals surface area contributed by atoms with Crippen LogP contribution < -0.4 is 0 Å². The molecule has 0 heterocycles. The van der Waals surface area contributed by atoms with Gasteiger partial charge in [-0.25, -0.2) is 0 Å². The molecule has 0 aliphatic carbocycles. The van der Waals surface area contributed by atoms with E-state index in [-0.39, 0.29) is 5.75 Å². The van der Waals surface area contributed by atoms with Crippen LogP contribution in [-0.2, 0) is 14.3 Å². The maximum atomic E-state index is 11.6. The fraction of sp³-hybridized carbons (Fsp3) is 1.00. The third-order valence-corrected chi connectivity index (χ3v) is 4.82. The Hall–Kier alpha value is -0.0900. The predicted molar refractivity (Wildman–Crippen MR) is 86.5 cm³/mol. The largest absolute Gasteiger partial charge is 0.270 e. The van der Waals surface area contributed by atoms with Crippen molar-refractivity contribution in [3.05, 3.63) is 0 Å². The molecule has 0 aliphatic rings. The molecule has 0 spiro atoms. The van der Waals surface area contributed by atoms with Crippen LogP contribution in [0.2, 0.25) is 0 Å². The van der Waals surface area contributed by atoms with E-state index in [1.54, 1.807) is 0 Å². The molecule has 20 heavy (non-hydrogen) atoms. The molecule has 0 atom stereocenters. The summed E-state index contributed by atoms with van der Waals surface area (Å²) in [5.74, 6) is 0.190. The molecule has 0 fully saturated rings. The lowest BCUT2D eigenvalue weighted by molar-refractivity contribution is 0.305. The average Bonchev–Trinajstić information content (AvgIpc) is 2.41. The highest BCUT2D eigenvalue weighted by molar-refractivity contribution is 7.86. The van der Waals surface area contributed by atoms with Crippen LogP contribution in [0.1, 0.15) is 90.9 Å². The number of unbranched alkanes of at least 4 members (excludes halogenated alkanes) is 10. The molecule has 0 saturated heterocycles. The van der Waals surface area contributed by atoms with E-state index in [0.717, 1.165) is 32.1 Å². The molecule has 0 rings (SSSR count). The van der Waals surface area contributed by atoms with E-state index in [1.165, 1.54) is 44.9 Å². The molecule has 0 aromatic heterocycles. The first-order chi connectivity index (χ1) is 9.62. The summed E-state index contributed by atoms with van der Waals surface area (Å²) in [6, 6.07) is 0. The molecule has 122 valence electrons. The SMILES string of the molecule is CCCCCCCCCS(=O)(=O)OCCCCCCC. The van der Waals surface area contributed by atoms with Crippen molar-refractivity contribution in [3.8, 4) is 0 Å². The zero-order chi connectivity index (χ0) is 15.1. The number of hydrogen-bond donors (Lipinski definition) is 0. The summed E-state index contributed by atoms with van der Waals surface area (Å²) >= 11 is 0. The smallest absolute Gasteiger partial charge is 0.267 e. The van der Waals surface area contributed by atoms with E-state index >= 15 is 0 Å². The van der Waals surface area contributed by atoms with Crippen molar-refractivity contribution in [1.29, 1.82) is 0 Å². The van der Waals surface area contributed by atoms with Crippen molar-refractivity contribution in [2.24, 2.45) is 0 Å². The topological polar surface area (TPSA) is 43.4 Å². The zero-order valence-electron chi connectivity index (χ0n) is 13.5. The highest BCUT2D eigenvalue weighted by atomic mass is 32.2. The van der Waals surface area contributed by atoms with Crippen LogP contribution in [-0.4, -0.2) is 20.8 Å². The van der Waals surface area contributed by atoms with Gasteiger partial charge >= 0.3 is 0 Å². The van der Waals surface area contributed by atoms with Crippen molar-refractivity contribution < 1.29 is 12.6 Å². The summed E-state index contributed by atoms with van der Waals surface area (Å²) in [5.41, 5.74) is 0. The van der Waals surface area contributed by atoms with E-state index < -0.39 is 10.1 Å². The molecule has 0 aromatic carbocycles. The molecule has 3 nitrogen and oxygen atoms in total. The lowest BCUT2D eigenvalue weighted by Gasteiger charge is -2.05. The third kappa shape index (κ3) is 14.3. The summed E-state index contributed by atoms with van der Waals surface area (Å²) in [4.78, 5) is 0. The Morgan fingerprint density at radius 2 is 1.10 bits per heavy atom. The second-order valence-corrected chi connectivity index (χ2v) is 7.38. The molecular formula is C16H34O3S. The summed E-state index contributed by atoms with van der Waals surface area (Å²) in [6.07, 6.45) is 13.5. The molecule has 0 N–H and O–H groups in total. The summed E-state index contributed by atoms with van der Waals surface area (Å²) in [7, 11) is -3.27. The molecule has 0 saturated carbocycles. The minimum Gasteiger partial charge on any atom is -0.270 e. The first-order valence-electron chi connectivity index (χ1n) is 8.49. The van der Waals surface area contributed by atoms with Crippen LogP contribution in [0.4, 0.5) is 0 Å². The van der Waals surface area contributed by atoms with Gasteiger partial charge in [0.2, 0.25) is 0 Å². The van der Waals surface area contributed by atoms with Gasteiger partial charge in [-0.2, -0.15) is 8.42 Å². The van der Waals surface area contributed by atoms with Gasteiger partial charge in [-0.15, -0.1) is 0 Å². The minimum atomic E-state index is -3.27. The quantitative estimate of drug-likeness (QED) is 0.314. The van der Waals surface area contributed by atoms with Gasteiger partial charge in [-0.1, -0.05) is 78.1 Å². The highest BCUT2D eigenvalue weighted by Gasteiger charge is 2.10. The number of rotatable bonds is 15. The Balaban J connectivity index is 3.41. The van der Waals surface area contributed by atoms with Gasteiger partial charge in [-0.05, 0) is 12.8 Å². The van der Waals surface area contributed by atoms with Gasteiger partial charge in [0.15, 0.2) is 0 Å². The highest BCUT2D eigenvalue weighted by Crippen LogP contribution is 2.09. The lowest BCUT2D eigenvalue weighted by Crippen LogP contribution is -2.11. The van der Waals surface area contributed by atoms with Crippen molar-refractivity contribution in [3.63, 3.8) is 0 Å². The van der Waals surface area contributed by atoms with Gasteiger partial charge in [0.25, 0.3) is 10.1 Å². The lowest BCUT2D eigenvalue weighted by atomic mass is 10.1. The number of hydrogen-bond acceptors (Lipinski definition) is 3. The second-order valence-electron chi connectivity index (χ2n) is 5.62. The fourth-order valence-electron chi connectivity index (χ4n) is 2.19. The predicted octanol–water partition coefficient (Wildman–Crippen LogP) is 5.05. The molecule has 0 aliphatic heterocycles. The maximum absolute atomic E-state index is 11.6. The van der Waals surface area contributed by atoms with Crippen LogP contribution in [0.5, 0.6) is 0 Å². The van der Waals surface area contributed by atoms with Crippen LogP contribution in [0.3, 0.4) is 0 Å². The Morgan fingerprint density at radius 3 is 1.65 bits per heavy atom. The van der Waals surface area contributed by atoms with Gasteiger partial charge in [0.05, 0.1) is 12.4 Å². The first kappa shape index (κ1) is 19.9. The van der Waals surface area contributed by atoms with E-state index in [9.17, 15) is 8.42 Å². The molecule has 0 unspecified atom stereocenters. The molecule has 4 heteroatoms. The Kier molecular flexibility index (Phi) is 13.8. The van der Waals surface area contributed by atoms with Gasteiger partial charge < -0.3 is 0 Å². The Bertz CT molecular complexity index is 286. The second kappa shape index (κ2) is 13.9. The van der Waals surface area contributed by atoms with Crippen LogP contribution in [0, 0.1) is 0 Å². The van der Waals surface area contributed by atoms with Crippen LogP contribution in [0.15, 0.2) is 0 Å². The van der Waals surface area contributed by atoms with Crippen molar-refractivity contribution in [2.45, 2.75) is 90.9 Å². The van der Waals surface area contributed by atoms with E-state index in [1.807, 2.05) is 0 Å². The summed E-state index contributed by atoms with van der Waals surface area (Å²) < 4.78 is 28.3.